The van der Waals surface area contributed by atoms with Crippen molar-refractivity contribution in [3.05, 3.63) is 52.0 Å². The molecule has 1 unspecified atom stereocenters. The van der Waals surface area contributed by atoms with Gasteiger partial charge in [-0.1, -0.05) is 44.2 Å². The van der Waals surface area contributed by atoms with Crippen LogP contribution in [0, 0.1) is 6.92 Å². The highest BCUT2D eigenvalue weighted by molar-refractivity contribution is 14.0. The second kappa shape index (κ2) is 12.3. The first kappa shape index (κ1) is 23.8. The van der Waals surface area contributed by atoms with Crippen molar-refractivity contribution >= 4 is 41.3 Å². The van der Waals surface area contributed by atoms with Crippen LogP contribution >= 0.6 is 35.3 Å². The SMILES string of the molecule is CCN(CC)C(CNC(=NC)N(C)Cc1csc(C)n1)c1ccccc1.I. The molecule has 0 aliphatic heterocycles. The maximum absolute atomic E-state index is 4.55. The van der Waals surface area contributed by atoms with Crippen LogP contribution in [0.4, 0.5) is 0 Å². The van der Waals surface area contributed by atoms with Crippen LogP contribution in [0.15, 0.2) is 40.7 Å². The first-order valence-corrected chi connectivity index (χ1v) is 10.1. The summed E-state index contributed by atoms with van der Waals surface area (Å²) in [7, 11) is 3.89. The predicted molar refractivity (Wildman–Crippen MR) is 127 cm³/mol. The zero-order chi connectivity index (χ0) is 18.9. The lowest BCUT2D eigenvalue weighted by Crippen LogP contribution is -2.43. The molecule has 0 aliphatic carbocycles. The van der Waals surface area contributed by atoms with E-state index in [4.69, 9.17) is 0 Å². The van der Waals surface area contributed by atoms with Crippen molar-refractivity contribution < 1.29 is 0 Å². The van der Waals surface area contributed by atoms with Crippen molar-refractivity contribution in [3.63, 3.8) is 0 Å². The number of aromatic nitrogens is 1. The van der Waals surface area contributed by atoms with Crippen LogP contribution in [0.25, 0.3) is 0 Å². The minimum Gasteiger partial charge on any atom is -0.354 e. The Balaban J connectivity index is 0.00000364. The molecule has 0 fully saturated rings. The van der Waals surface area contributed by atoms with Crippen LogP contribution in [-0.2, 0) is 6.54 Å². The van der Waals surface area contributed by atoms with Crippen LogP contribution in [0.5, 0.6) is 0 Å². The van der Waals surface area contributed by atoms with E-state index in [1.807, 2.05) is 14.0 Å². The molecule has 0 bridgehead atoms. The fourth-order valence-corrected chi connectivity index (χ4v) is 3.77. The highest BCUT2D eigenvalue weighted by Crippen LogP contribution is 2.19. The molecule has 150 valence electrons. The molecule has 0 aliphatic rings. The summed E-state index contributed by atoms with van der Waals surface area (Å²) >= 11 is 1.69. The van der Waals surface area contributed by atoms with Gasteiger partial charge in [0.05, 0.1) is 23.3 Å². The minimum absolute atomic E-state index is 0. The molecular weight excluding hydrogens is 469 g/mol. The highest BCUT2D eigenvalue weighted by atomic mass is 127. The van der Waals surface area contributed by atoms with Gasteiger partial charge in [0, 0.05) is 26.0 Å². The van der Waals surface area contributed by atoms with Gasteiger partial charge < -0.3 is 10.2 Å². The van der Waals surface area contributed by atoms with Crippen LogP contribution in [0.1, 0.15) is 36.2 Å². The highest BCUT2D eigenvalue weighted by Gasteiger charge is 2.19. The topological polar surface area (TPSA) is 43.8 Å². The normalized spacial score (nSPS) is 12.6. The summed E-state index contributed by atoms with van der Waals surface area (Å²) in [6.45, 7) is 10.1. The predicted octanol–water partition coefficient (Wildman–Crippen LogP) is 4.16. The average Bonchev–Trinajstić information content (AvgIpc) is 3.06. The molecular formula is C20H32IN5S. The molecule has 2 rings (SSSR count). The third kappa shape index (κ3) is 7.04. The summed E-state index contributed by atoms with van der Waals surface area (Å²) in [4.78, 5) is 13.6. The Kier molecular flexibility index (Phi) is 10.9. The zero-order valence-corrected chi connectivity index (χ0v) is 20.1. The quantitative estimate of drug-likeness (QED) is 0.335. The lowest BCUT2D eigenvalue weighted by molar-refractivity contribution is 0.217. The number of rotatable bonds is 8. The number of thiazole rings is 1. The second-order valence-corrected chi connectivity index (χ2v) is 7.35. The third-order valence-electron chi connectivity index (χ3n) is 4.53. The van der Waals surface area contributed by atoms with E-state index in [0.717, 1.165) is 42.8 Å². The Hall–Kier alpha value is -1.19. The maximum Gasteiger partial charge on any atom is 0.193 e. The van der Waals surface area contributed by atoms with Gasteiger partial charge in [0.25, 0.3) is 0 Å². The standard InChI is InChI=1S/C20H31N5S.HI/c1-6-25(7-2)19(17-11-9-8-10-12-17)13-22-20(21-4)24(5)14-18-15-26-16(3)23-18;/h8-12,15,19H,6-7,13-14H2,1-5H3,(H,21,22);1H. The van der Waals surface area contributed by atoms with Crippen LogP contribution in [0.2, 0.25) is 0 Å². The molecule has 1 aromatic carbocycles. The van der Waals surface area contributed by atoms with E-state index < -0.39 is 0 Å². The summed E-state index contributed by atoms with van der Waals surface area (Å²) in [5.74, 6) is 0.892. The molecule has 0 radical (unpaired) electrons. The van der Waals surface area contributed by atoms with Gasteiger partial charge in [0.2, 0.25) is 0 Å². The third-order valence-corrected chi connectivity index (χ3v) is 5.35. The Bertz CT molecular complexity index is 685. The van der Waals surface area contributed by atoms with Crippen molar-refractivity contribution in [3.8, 4) is 0 Å². The molecule has 0 amide bonds. The van der Waals surface area contributed by atoms with Gasteiger partial charge in [-0.3, -0.25) is 9.89 Å². The Morgan fingerprint density at radius 1 is 1.22 bits per heavy atom. The molecule has 0 saturated carbocycles. The van der Waals surface area contributed by atoms with Gasteiger partial charge in [0.1, 0.15) is 0 Å². The van der Waals surface area contributed by atoms with Gasteiger partial charge in [-0.25, -0.2) is 4.98 Å². The average molecular weight is 501 g/mol. The fraction of sp³-hybridized carbons (Fsp3) is 0.500. The van der Waals surface area contributed by atoms with E-state index in [1.54, 1.807) is 11.3 Å². The number of aryl methyl sites for hydroxylation is 1. The van der Waals surface area contributed by atoms with Gasteiger partial charge in [-0.15, -0.1) is 35.3 Å². The Labute approximate surface area is 184 Å². The maximum atomic E-state index is 4.55. The summed E-state index contributed by atoms with van der Waals surface area (Å²) in [6, 6.07) is 11.0. The van der Waals surface area contributed by atoms with E-state index in [1.165, 1.54) is 5.56 Å². The number of halogens is 1. The van der Waals surface area contributed by atoms with Crippen LogP contribution < -0.4 is 5.32 Å². The lowest BCUT2D eigenvalue weighted by Gasteiger charge is -2.32. The van der Waals surface area contributed by atoms with Gasteiger partial charge >= 0.3 is 0 Å². The molecule has 5 nitrogen and oxygen atoms in total. The number of benzene rings is 1. The number of likely N-dealkylation sites (N-methyl/N-ethyl adjacent to an activating group) is 1. The number of aliphatic imine (C=N–C) groups is 1. The van der Waals surface area contributed by atoms with Crippen molar-refractivity contribution in [1.82, 2.24) is 20.1 Å². The number of guanidine groups is 1. The molecule has 1 N–H and O–H groups in total. The van der Waals surface area contributed by atoms with Crippen molar-refractivity contribution in [2.75, 3.05) is 33.7 Å². The Morgan fingerprint density at radius 2 is 1.89 bits per heavy atom. The summed E-state index contributed by atoms with van der Waals surface area (Å²) in [6.07, 6.45) is 0. The van der Waals surface area contributed by atoms with Gasteiger partial charge in [-0.2, -0.15) is 0 Å². The summed E-state index contributed by atoms with van der Waals surface area (Å²) in [5, 5.41) is 6.77. The number of nitrogens with zero attached hydrogens (tertiary/aromatic N) is 4. The lowest BCUT2D eigenvalue weighted by atomic mass is 10.1. The van der Waals surface area contributed by atoms with Crippen LogP contribution in [-0.4, -0.2) is 54.5 Å². The minimum atomic E-state index is 0. The van der Waals surface area contributed by atoms with Crippen molar-refractivity contribution in [2.24, 2.45) is 4.99 Å². The molecule has 7 heteroatoms. The van der Waals surface area contributed by atoms with Gasteiger partial charge in [0.15, 0.2) is 5.96 Å². The molecule has 27 heavy (non-hydrogen) atoms. The van der Waals surface area contributed by atoms with Crippen LogP contribution in [0.3, 0.4) is 0 Å². The van der Waals surface area contributed by atoms with Crippen molar-refractivity contribution in [2.45, 2.75) is 33.4 Å². The first-order chi connectivity index (χ1) is 12.6. The molecule has 0 saturated heterocycles. The molecule has 1 heterocycles. The smallest absolute Gasteiger partial charge is 0.193 e. The van der Waals surface area contributed by atoms with Crippen molar-refractivity contribution in [1.29, 1.82) is 0 Å². The largest absolute Gasteiger partial charge is 0.354 e. The number of hydrogen-bond acceptors (Lipinski definition) is 4. The zero-order valence-electron chi connectivity index (χ0n) is 17.0. The van der Waals surface area contributed by atoms with E-state index in [0.29, 0.717) is 6.04 Å². The van der Waals surface area contributed by atoms with E-state index in [2.05, 4.69) is 81.7 Å². The first-order valence-electron chi connectivity index (χ1n) is 9.20. The molecule has 1 aromatic heterocycles. The van der Waals surface area contributed by atoms with Gasteiger partial charge in [-0.05, 0) is 25.6 Å². The Morgan fingerprint density at radius 3 is 2.41 bits per heavy atom. The molecule has 2 aromatic rings. The van der Waals surface area contributed by atoms with E-state index in [9.17, 15) is 0 Å². The summed E-state index contributed by atoms with van der Waals surface area (Å²) in [5.41, 5.74) is 2.42. The van der Waals surface area contributed by atoms with E-state index >= 15 is 0 Å². The molecule has 1 atom stereocenters. The fourth-order valence-electron chi connectivity index (χ4n) is 3.17. The number of nitrogens with one attached hydrogen (secondary N) is 1. The molecule has 0 spiro atoms. The monoisotopic (exact) mass is 501 g/mol. The summed E-state index contributed by atoms with van der Waals surface area (Å²) < 4.78 is 0. The van der Waals surface area contributed by atoms with E-state index in [-0.39, 0.29) is 24.0 Å². The number of hydrogen-bond donors (Lipinski definition) is 1. The second-order valence-electron chi connectivity index (χ2n) is 6.29.